The third-order valence-electron chi connectivity index (χ3n) is 3.10. The molecule has 1 unspecified atom stereocenters. The van der Waals surface area contributed by atoms with E-state index in [0.717, 1.165) is 18.6 Å². The van der Waals surface area contributed by atoms with E-state index in [1.807, 2.05) is 24.3 Å². The number of hydrogen-bond acceptors (Lipinski definition) is 2. The zero-order valence-corrected chi connectivity index (χ0v) is 10.4. The minimum absolute atomic E-state index is 0.00388. The molecule has 1 aromatic rings. The van der Waals surface area contributed by atoms with E-state index in [-0.39, 0.29) is 11.9 Å². The van der Waals surface area contributed by atoms with Crippen molar-refractivity contribution in [3.05, 3.63) is 35.4 Å². The molecule has 0 radical (unpaired) electrons. The van der Waals surface area contributed by atoms with Crippen LogP contribution in [0.1, 0.15) is 42.1 Å². The van der Waals surface area contributed by atoms with Crippen LogP contribution in [0.2, 0.25) is 0 Å². The first-order chi connectivity index (χ1) is 8.16. The van der Waals surface area contributed by atoms with Crippen molar-refractivity contribution in [2.24, 2.45) is 0 Å². The standard InChI is InChI=1S/C14H19NO2/c1-10(2)11-3-5-12(6-4-11)14(16)15-13-7-8-17-9-13/h3-6,10,13H,7-9H2,1-2H3,(H,15,16). The summed E-state index contributed by atoms with van der Waals surface area (Å²) in [6, 6.07) is 7.99. The predicted molar refractivity (Wildman–Crippen MR) is 67.2 cm³/mol. The number of carbonyl (C=O) groups is 1. The molecule has 0 saturated carbocycles. The van der Waals surface area contributed by atoms with Crippen LogP contribution >= 0.6 is 0 Å². The second kappa shape index (κ2) is 5.32. The number of rotatable bonds is 3. The zero-order chi connectivity index (χ0) is 12.3. The van der Waals surface area contributed by atoms with E-state index in [2.05, 4.69) is 19.2 Å². The summed E-state index contributed by atoms with van der Waals surface area (Å²) < 4.78 is 5.23. The van der Waals surface area contributed by atoms with E-state index in [1.165, 1.54) is 5.56 Å². The van der Waals surface area contributed by atoms with Gasteiger partial charge in [-0.1, -0.05) is 26.0 Å². The maximum absolute atomic E-state index is 11.9. The minimum Gasteiger partial charge on any atom is -0.379 e. The summed E-state index contributed by atoms with van der Waals surface area (Å²) in [6.07, 6.45) is 0.913. The molecule has 0 aliphatic carbocycles. The van der Waals surface area contributed by atoms with Gasteiger partial charge >= 0.3 is 0 Å². The van der Waals surface area contributed by atoms with Gasteiger partial charge in [0.15, 0.2) is 0 Å². The van der Waals surface area contributed by atoms with Gasteiger partial charge in [0.2, 0.25) is 0 Å². The summed E-state index contributed by atoms with van der Waals surface area (Å²) in [5, 5.41) is 2.98. The lowest BCUT2D eigenvalue weighted by Gasteiger charge is -2.11. The van der Waals surface area contributed by atoms with Gasteiger partial charge in [-0.15, -0.1) is 0 Å². The fourth-order valence-electron chi connectivity index (χ4n) is 1.94. The highest BCUT2D eigenvalue weighted by Gasteiger charge is 2.18. The summed E-state index contributed by atoms with van der Waals surface area (Å²) >= 11 is 0. The van der Waals surface area contributed by atoms with Crippen molar-refractivity contribution in [3.63, 3.8) is 0 Å². The van der Waals surface area contributed by atoms with Crippen LogP contribution in [-0.2, 0) is 4.74 Å². The molecule has 1 saturated heterocycles. The first-order valence-electron chi connectivity index (χ1n) is 6.15. The molecule has 1 aliphatic rings. The van der Waals surface area contributed by atoms with Gasteiger partial charge in [0.1, 0.15) is 0 Å². The van der Waals surface area contributed by atoms with Gasteiger partial charge in [-0.05, 0) is 30.0 Å². The molecule has 3 nitrogen and oxygen atoms in total. The van der Waals surface area contributed by atoms with E-state index in [0.29, 0.717) is 12.5 Å². The van der Waals surface area contributed by atoms with E-state index in [1.54, 1.807) is 0 Å². The normalized spacial score (nSPS) is 19.6. The molecular weight excluding hydrogens is 214 g/mol. The van der Waals surface area contributed by atoms with E-state index in [9.17, 15) is 4.79 Å². The van der Waals surface area contributed by atoms with Crippen LogP contribution < -0.4 is 5.32 Å². The topological polar surface area (TPSA) is 38.3 Å². The van der Waals surface area contributed by atoms with Crippen molar-refractivity contribution in [2.75, 3.05) is 13.2 Å². The molecule has 0 spiro atoms. The van der Waals surface area contributed by atoms with Crippen LogP contribution in [0.15, 0.2) is 24.3 Å². The summed E-state index contributed by atoms with van der Waals surface area (Å²) in [7, 11) is 0. The molecule has 1 heterocycles. The Morgan fingerprint density at radius 2 is 2.06 bits per heavy atom. The van der Waals surface area contributed by atoms with Crippen molar-refractivity contribution in [1.29, 1.82) is 0 Å². The Morgan fingerprint density at radius 3 is 2.59 bits per heavy atom. The average molecular weight is 233 g/mol. The van der Waals surface area contributed by atoms with E-state index < -0.39 is 0 Å². The predicted octanol–water partition coefficient (Wildman–Crippen LogP) is 2.33. The molecular formula is C14H19NO2. The van der Waals surface area contributed by atoms with Crippen molar-refractivity contribution < 1.29 is 9.53 Å². The van der Waals surface area contributed by atoms with Gasteiger partial charge in [0, 0.05) is 12.2 Å². The Labute approximate surface area is 102 Å². The highest BCUT2D eigenvalue weighted by molar-refractivity contribution is 5.94. The van der Waals surface area contributed by atoms with Crippen LogP contribution in [0.4, 0.5) is 0 Å². The lowest BCUT2D eigenvalue weighted by atomic mass is 10.0. The molecule has 1 aromatic carbocycles. The monoisotopic (exact) mass is 233 g/mol. The third kappa shape index (κ3) is 3.07. The van der Waals surface area contributed by atoms with Crippen LogP contribution in [0.5, 0.6) is 0 Å². The van der Waals surface area contributed by atoms with Gasteiger partial charge in [0.05, 0.1) is 12.6 Å². The summed E-state index contributed by atoms with van der Waals surface area (Å²) in [6.45, 7) is 5.67. The van der Waals surface area contributed by atoms with Crippen LogP contribution in [0.3, 0.4) is 0 Å². The fourth-order valence-corrected chi connectivity index (χ4v) is 1.94. The van der Waals surface area contributed by atoms with Crippen LogP contribution in [-0.4, -0.2) is 25.2 Å². The van der Waals surface area contributed by atoms with Crippen LogP contribution in [0, 0.1) is 0 Å². The van der Waals surface area contributed by atoms with Crippen LogP contribution in [0.25, 0.3) is 0 Å². The Hall–Kier alpha value is -1.35. The van der Waals surface area contributed by atoms with Crippen molar-refractivity contribution in [1.82, 2.24) is 5.32 Å². The van der Waals surface area contributed by atoms with Gasteiger partial charge in [-0.2, -0.15) is 0 Å². The van der Waals surface area contributed by atoms with Gasteiger partial charge in [-0.25, -0.2) is 0 Å². The number of nitrogens with one attached hydrogen (secondary N) is 1. The van der Waals surface area contributed by atoms with Crippen molar-refractivity contribution in [2.45, 2.75) is 32.2 Å². The molecule has 0 aromatic heterocycles. The highest BCUT2D eigenvalue weighted by atomic mass is 16.5. The number of hydrogen-bond donors (Lipinski definition) is 1. The maximum atomic E-state index is 11.9. The zero-order valence-electron chi connectivity index (χ0n) is 10.4. The fraction of sp³-hybridized carbons (Fsp3) is 0.500. The summed E-state index contributed by atoms with van der Waals surface area (Å²) in [4.78, 5) is 11.9. The van der Waals surface area contributed by atoms with Gasteiger partial charge in [-0.3, -0.25) is 4.79 Å². The van der Waals surface area contributed by atoms with Crippen molar-refractivity contribution in [3.8, 4) is 0 Å². The van der Waals surface area contributed by atoms with E-state index >= 15 is 0 Å². The maximum Gasteiger partial charge on any atom is 0.251 e. The first kappa shape index (κ1) is 12.1. The van der Waals surface area contributed by atoms with E-state index in [4.69, 9.17) is 4.74 Å². The molecule has 1 atom stereocenters. The number of amides is 1. The molecule has 1 aliphatic heterocycles. The number of carbonyl (C=O) groups excluding carboxylic acids is 1. The second-order valence-corrected chi connectivity index (χ2v) is 4.81. The first-order valence-corrected chi connectivity index (χ1v) is 6.15. The quantitative estimate of drug-likeness (QED) is 0.870. The average Bonchev–Trinajstić information content (AvgIpc) is 2.82. The Balaban J connectivity index is 1.98. The summed E-state index contributed by atoms with van der Waals surface area (Å²) in [5.74, 6) is 0.492. The molecule has 2 rings (SSSR count). The lowest BCUT2D eigenvalue weighted by molar-refractivity contribution is 0.0930. The molecule has 17 heavy (non-hydrogen) atoms. The Morgan fingerprint density at radius 1 is 1.35 bits per heavy atom. The molecule has 92 valence electrons. The van der Waals surface area contributed by atoms with Crippen molar-refractivity contribution >= 4 is 5.91 Å². The summed E-state index contributed by atoms with van der Waals surface area (Å²) in [5.41, 5.74) is 1.98. The van der Waals surface area contributed by atoms with Gasteiger partial charge in [0.25, 0.3) is 5.91 Å². The molecule has 1 amide bonds. The highest BCUT2D eigenvalue weighted by Crippen LogP contribution is 2.15. The van der Waals surface area contributed by atoms with Gasteiger partial charge < -0.3 is 10.1 Å². The molecule has 1 N–H and O–H groups in total. The SMILES string of the molecule is CC(C)c1ccc(C(=O)NC2CCOC2)cc1. The number of ether oxygens (including phenoxy) is 1. The smallest absolute Gasteiger partial charge is 0.251 e. The number of benzene rings is 1. The Kier molecular flexibility index (Phi) is 3.79. The Bertz CT molecular complexity index is 378. The third-order valence-corrected chi connectivity index (χ3v) is 3.10. The molecule has 3 heteroatoms. The molecule has 0 bridgehead atoms. The second-order valence-electron chi connectivity index (χ2n) is 4.81. The minimum atomic E-state index is -0.00388. The lowest BCUT2D eigenvalue weighted by Crippen LogP contribution is -2.34. The largest absolute Gasteiger partial charge is 0.379 e. The molecule has 1 fully saturated rings.